The highest BCUT2D eigenvalue weighted by Gasteiger charge is 2.37. The first-order valence-electron chi connectivity index (χ1n) is 9.01. The summed E-state index contributed by atoms with van der Waals surface area (Å²) in [5.74, 6) is 0.911. The van der Waals surface area contributed by atoms with Gasteiger partial charge in [0, 0.05) is 39.3 Å². The number of carbonyl (C=O) groups is 1. The number of aliphatic imine (C=N–C) groups is 1. The fraction of sp³-hybridized carbons (Fsp3) is 0.882. The maximum absolute atomic E-state index is 11.9. The number of hydrogen-bond donors (Lipinski definition) is 1. The van der Waals surface area contributed by atoms with Crippen molar-refractivity contribution in [1.82, 2.24) is 15.1 Å². The van der Waals surface area contributed by atoms with E-state index in [1.165, 1.54) is 26.5 Å². The van der Waals surface area contributed by atoms with Crippen LogP contribution in [-0.4, -0.2) is 87.4 Å². The van der Waals surface area contributed by atoms with Crippen LogP contribution in [0.4, 0.5) is 0 Å². The van der Waals surface area contributed by atoms with E-state index in [9.17, 15) is 4.79 Å². The van der Waals surface area contributed by atoms with Crippen LogP contribution in [0.3, 0.4) is 0 Å². The van der Waals surface area contributed by atoms with E-state index in [-0.39, 0.29) is 23.9 Å². The van der Waals surface area contributed by atoms with Crippen LogP contribution >= 0.6 is 0 Å². The first kappa shape index (κ1) is 17.5. The number of carbonyl (C=O) groups excluding carboxylic acids is 1. The molecule has 3 aliphatic heterocycles. The van der Waals surface area contributed by atoms with Crippen molar-refractivity contribution in [2.45, 2.75) is 31.9 Å². The molecule has 0 amide bonds. The van der Waals surface area contributed by atoms with Gasteiger partial charge in [0.25, 0.3) is 0 Å². The Morgan fingerprint density at radius 3 is 2.96 bits per heavy atom. The monoisotopic (exact) mass is 338 g/mol. The summed E-state index contributed by atoms with van der Waals surface area (Å²) in [6.45, 7) is 7.36. The van der Waals surface area contributed by atoms with E-state index in [0.717, 1.165) is 32.2 Å². The third kappa shape index (κ3) is 3.67. The van der Waals surface area contributed by atoms with Crippen LogP contribution in [0, 0.1) is 11.8 Å². The minimum atomic E-state index is -0.129. The molecule has 0 spiro atoms. The lowest BCUT2D eigenvalue weighted by molar-refractivity contribution is -0.145. The number of methoxy groups -OCH3 is 1. The van der Waals surface area contributed by atoms with Gasteiger partial charge in [0.15, 0.2) is 5.96 Å². The van der Waals surface area contributed by atoms with Crippen LogP contribution in [-0.2, 0) is 14.3 Å². The molecule has 3 saturated heterocycles. The van der Waals surface area contributed by atoms with Gasteiger partial charge < -0.3 is 19.7 Å². The molecule has 0 aromatic carbocycles. The fourth-order valence-corrected chi connectivity index (χ4v) is 4.14. The number of esters is 1. The van der Waals surface area contributed by atoms with Crippen LogP contribution in [0.5, 0.6) is 0 Å². The Bertz CT molecular complexity index is 484. The molecule has 1 N–H and O–H groups in total. The first-order valence-corrected chi connectivity index (χ1v) is 9.01. The molecule has 0 saturated carbocycles. The van der Waals surface area contributed by atoms with Crippen molar-refractivity contribution in [3.8, 4) is 0 Å². The third-order valence-electron chi connectivity index (χ3n) is 5.58. The number of ether oxygens (including phenoxy) is 2. The molecule has 3 fully saturated rings. The number of fused-ring (bicyclic) bond motifs is 1. The Hall–Kier alpha value is -1.34. The van der Waals surface area contributed by atoms with Gasteiger partial charge in [-0.15, -0.1) is 0 Å². The van der Waals surface area contributed by atoms with Gasteiger partial charge in [-0.05, 0) is 25.3 Å². The molecule has 24 heavy (non-hydrogen) atoms. The Kier molecular flexibility index (Phi) is 5.61. The Morgan fingerprint density at radius 2 is 2.21 bits per heavy atom. The fourth-order valence-electron chi connectivity index (χ4n) is 4.14. The highest BCUT2D eigenvalue weighted by Crippen LogP contribution is 2.24. The van der Waals surface area contributed by atoms with Gasteiger partial charge in [0.2, 0.25) is 0 Å². The van der Waals surface area contributed by atoms with E-state index in [2.05, 4.69) is 27.0 Å². The summed E-state index contributed by atoms with van der Waals surface area (Å²) < 4.78 is 10.9. The van der Waals surface area contributed by atoms with Crippen molar-refractivity contribution in [3.05, 3.63) is 0 Å². The van der Waals surface area contributed by atoms with Crippen molar-refractivity contribution < 1.29 is 14.3 Å². The normalized spacial score (nSPS) is 34.3. The Morgan fingerprint density at radius 1 is 1.38 bits per heavy atom. The molecule has 4 atom stereocenters. The molecular weight excluding hydrogens is 308 g/mol. The molecule has 0 bridgehead atoms. The van der Waals surface area contributed by atoms with Crippen molar-refractivity contribution in [3.63, 3.8) is 0 Å². The molecule has 0 radical (unpaired) electrons. The second-order valence-corrected chi connectivity index (χ2v) is 7.19. The van der Waals surface area contributed by atoms with Crippen LogP contribution in [0.15, 0.2) is 4.99 Å². The van der Waals surface area contributed by atoms with Crippen molar-refractivity contribution in [1.29, 1.82) is 0 Å². The maximum atomic E-state index is 11.9. The van der Waals surface area contributed by atoms with E-state index in [4.69, 9.17) is 9.47 Å². The highest BCUT2D eigenvalue weighted by molar-refractivity contribution is 5.82. The van der Waals surface area contributed by atoms with E-state index in [1.807, 2.05) is 0 Å². The van der Waals surface area contributed by atoms with Gasteiger partial charge in [0.1, 0.15) is 0 Å². The van der Waals surface area contributed by atoms with Gasteiger partial charge in [-0.25, -0.2) is 0 Å². The molecule has 7 heteroatoms. The van der Waals surface area contributed by atoms with Crippen molar-refractivity contribution >= 4 is 11.9 Å². The number of morpholine rings is 1. The Balaban J connectivity index is 1.50. The summed E-state index contributed by atoms with van der Waals surface area (Å²) >= 11 is 0. The summed E-state index contributed by atoms with van der Waals surface area (Å²) in [6, 6.07) is 0.626. The lowest BCUT2D eigenvalue weighted by Crippen LogP contribution is -2.51. The molecule has 7 nitrogen and oxygen atoms in total. The minimum absolute atomic E-state index is 0.0789. The molecule has 3 rings (SSSR count). The SMILES string of the molecule is CN=C(NCC1CN2CCCC2CO1)N1CC(C)C(C(=O)OC)C1. The summed E-state index contributed by atoms with van der Waals surface area (Å²) in [6.07, 6.45) is 2.76. The van der Waals surface area contributed by atoms with E-state index in [0.29, 0.717) is 12.6 Å². The summed E-state index contributed by atoms with van der Waals surface area (Å²) in [5, 5.41) is 3.43. The topological polar surface area (TPSA) is 66.4 Å². The number of hydrogen-bond acceptors (Lipinski definition) is 5. The van der Waals surface area contributed by atoms with Gasteiger partial charge >= 0.3 is 5.97 Å². The molecule has 3 heterocycles. The average molecular weight is 338 g/mol. The van der Waals surface area contributed by atoms with Crippen LogP contribution in [0.1, 0.15) is 19.8 Å². The average Bonchev–Trinajstić information content (AvgIpc) is 3.21. The van der Waals surface area contributed by atoms with Crippen LogP contribution in [0.25, 0.3) is 0 Å². The molecule has 136 valence electrons. The second-order valence-electron chi connectivity index (χ2n) is 7.19. The van der Waals surface area contributed by atoms with E-state index in [1.54, 1.807) is 7.05 Å². The molecule has 0 aromatic rings. The van der Waals surface area contributed by atoms with Crippen LogP contribution < -0.4 is 5.32 Å². The molecule has 0 aromatic heterocycles. The third-order valence-corrected chi connectivity index (χ3v) is 5.58. The molecule has 4 unspecified atom stereocenters. The standard InChI is InChI=1S/C17H30N4O3/c1-12-8-21(10-15(12)16(22)23-3)17(18-2)19-7-14-9-20-6-4-5-13(20)11-24-14/h12-15H,4-11H2,1-3H3,(H,18,19). The van der Waals surface area contributed by atoms with E-state index < -0.39 is 0 Å². The number of nitrogens with zero attached hydrogens (tertiary/aromatic N) is 3. The zero-order chi connectivity index (χ0) is 17.1. The number of guanidine groups is 1. The predicted molar refractivity (Wildman–Crippen MR) is 91.9 cm³/mol. The first-order chi connectivity index (χ1) is 11.6. The lowest BCUT2D eigenvalue weighted by Gasteiger charge is -2.35. The largest absolute Gasteiger partial charge is 0.469 e. The zero-order valence-electron chi connectivity index (χ0n) is 15.0. The maximum Gasteiger partial charge on any atom is 0.310 e. The minimum Gasteiger partial charge on any atom is -0.469 e. The van der Waals surface area contributed by atoms with Gasteiger partial charge in [-0.2, -0.15) is 0 Å². The highest BCUT2D eigenvalue weighted by atomic mass is 16.5. The zero-order valence-corrected chi connectivity index (χ0v) is 15.0. The second kappa shape index (κ2) is 7.70. The summed E-state index contributed by atoms with van der Waals surface area (Å²) in [5.41, 5.74) is 0. The molecular formula is C17H30N4O3. The number of likely N-dealkylation sites (tertiary alicyclic amines) is 1. The Labute approximate surface area is 144 Å². The summed E-state index contributed by atoms with van der Waals surface area (Å²) in [4.78, 5) is 20.9. The molecule has 0 aliphatic carbocycles. The van der Waals surface area contributed by atoms with Crippen LogP contribution in [0.2, 0.25) is 0 Å². The molecule has 3 aliphatic rings. The predicted octanol–water partition coefficient (Wildman–Crippen LogP) is 0.166. The van der Waals surface area contributed by atoms with Crippen molar-refractivity contribution in [2.75, 3.05) is 53.5 Å². The number of nitrogens with one attached hydrogen (secondary N) is 1. The lowest BCUT2D eigenvalue weighted by atomic mass is 9.99. The van der Waals surface area contributed by atoms with Crippen molar-refractivity contribution in [2.24, 2.45) is 16.8 Å². The summed E-state index contributed by atoms with van der Waals surface area (Å²) in [7, 11) is 3.24. The van der Waals surface area contributed by atoms with Gasteiger partial charge in [0.05, 0.1) is 25.7 Å². The van der Waals surface area contributed by atoms with Gasteiger partial charge in [-0.1, -0.05) is 6.92 Å². The smallest absolute Gasteiger partial charge is 0.310 e. The quantitative estimate of drug-likeness (QED) is 0.449. The van der Waals surface area contributed by atoms with E-state index >= 15 is 0 Å². The number of rotatable bonds is 3. The van der Waals surface area contributed by atoms with Gasteiger partial charge in [-0.3, -0.25) is 14.7 Å².